The highest BCUT2D eigenvalue weighted by atomic mass is 79.9. The van der Waals surface area contributed by atoms with Crippen molar-refractivity contribution in [1.82, 2.24) is 0 Å². The smallest absolute Gasteiger partial charge is 0.134 e. The Kier molecular flexibility index (Phi) is 5.98. The van der Waals surface area contributed by atoms with Crippen LogP contribution in [0, 0.1) is 6.92 Å². The van der Waals surface area contributed by atoms with Gasteiger partial charge >= 0.3 is 0 Å². The number of ether oxygens (including phenoxy) is 1. The Bertz CT molecular complexity index is 1200. The SMILES string of the molecule is Cc1ccc(N=Cc2ccc(OCc3cccc4ccccc34)c(Br)c2)cc1Cl. The van der Waals surface area contributed by atoms with Crippen molar-refractivity contribution in [1.29, 1.82) is 0 Å². The van der Waals surface area contributed by atoms with Crippen molar-refractivity contribution >= 4 is 50.2 Å². The van der Waals surface area contributed by atoms with Crippen molar-refractivity contribution in [3.63, 3.8) is 0 Å². The van der Waals surface area contributed by atoms with Crippen LogP contribution in [-0.4, -0.2) is 6.21 Å². The summed E-state index contributed by atoms with van der Waals surface area (Å²) in [5.74, 6) is 0.800. The molecule has 0 aliphatic rings. The highest BCUT2D eigenvalue weighted by Gasteiger charge is 2.05. The predicted molar refractivity (Wildman–Crippen MR) is 126 cm³/mol. The summed E-state index contributed by atoms with van der Waals surface area (Å²) < 4.78 is 6.96. The van der Waals surface area contributed by atoms with Gasteiger partial charge in [0.25, 0.3) is 0 Å². The number of hydrogen-bond donors (Lipinski definition) is 0. The second kappa shape index (κ2) is 8.81. The van der Waals surface area contributed by atoms with Gasteiger partial charge < -0.3 is 4.74 Å². The molecule has 0 radical (unpaired) electrons. The van der Waals surface area contributed by atoms with Gasteiger partial charge in [-0.15, -0.1) is 0 Å². The number of aryl methyl sites for hydroxylation is 1. The second-order valence-electron chi connectivity index (χ2n) is 6.81. The number of benzene rings is 4. The fourth-order valence-corrected chi connectivity index (χ4v) is 3.79. The maximum Gasteiger partial charge on any atom is 0.134 e. The fourth-order valence-electron chi connectivity index (χ4n) is 3.10. The number of nitrogens with zero attached hydrogens (tertiary/aromatic N) is 1. The van der Waals surface area contributed by atoms with E-state index < -0.39 is 0 Å². The van der Waals surface area contributed by atoms with Crippen molar-refractivity contribution in [3.8, 4) is 5.75 Å². The van der Waals surface area contributed by atoms with E-state index in [2.05, 4.69) is 57.3 Å². The Labute approximate surface area is 184 Å². The molecule has 144 valence electrons. The molecule has 0 saturated carbocycles. The van der Waals surface area contributed by atoms with Gasteiger partial charge in [0.2, 0.25) is 0 Å². The lowest BCUT2D eigenvalue weighted by Crippen LogP contribution is -1.97. The summed E-state index contributed by atoms with van der Waals surface area (Å²) in [4.78, 5) is 4.51. The first-order valence-electron chi connectivity index (χ1n) is 9.29. The van der Waals surface area contributed by atoms with Gasteiger partial charge in [-0.3, -0.25) is 4.99 Å². The molecule has 0 saturated heterocycles. The molecule has 0 unspecified atom stereocenters. The first-order chi connectivity index (χ1) is 14.1. The summed E-state index contributed by atoms with van der Waals surface area (Å²) >= 11 is 9.78. The number of aliphatic imine (C=N–C) groups is 1. The van der Waals surface area contributed by atoms with E-state index in [0.29, 0.717) is 6.61 Å². The van der Waals surface area contributed by atoms with Crippen molar-refractivity contribution in [2.75, 3.05) is 0 Å². The van der Waals surface area contributed by atoms with Crippen LogP contribution in [0.5, 0.6) is 5.75 Å². The van der Waals surface area contributed by atoms with E-state index in [0.717, 1.165) is 37.6 Å². The zero-order valence-corrected chi connectivity index (χ0v) is 18.2. The van der Waals surface area contributed by atoms with Crippen LogP contribution >= 0.6 is 27.5 Å². The van der Waals surface area contributed by atoms with Crippen LogP contribution in [0.3, 0.4) is 0 Å². The molecule has 0 aromatic heterocycles. The lowest BCUT2D eigenvalue weighted by Gasteiger charge is -2.11. The largest absolute Gasteiger partial charge is 0.488 e. The van der Waals surface area contributed by atoms with E-state index in [9.17, 15) is 0 Å². The number of hydrogen-bond acceptors (Lipinski definition) is 2. The van der Waals surface area contributed by atoms with Crippen molar-refractivity contribution < 1.29 is 4.74 Å². The molecule has 0 aliphatic carbocycles. The van der Waals surface area contributed by atoms with Crippen LogP contribution in [0.2, 0.25) is 5.02 Å². The average Bonchev–Trinajstić information content (AvgIpc) is 2.74. The number of halogens is 2. The molecular formula is C25H19BrClNO. The minimum Gasteiger partial charge on any atom is -0.488 e. The Morgan fingerprint density at radius 2 is 1.79 bits per heavy atom. The topological polar surface area (TPSA) is 21.6 Å². The van der Waals surface area contributed by atoms with Crippen LogP contribution in [0.4, 0.5) is 5.69 Å². The lowest BCUT2D eigenvalue weighted by molar-refractivity contribution is 0.305. The molecule has 4 heteroatoms. The molecule has 0 amide bonds. The Balaban J connectivity index is 1.48. The van der Waals surface area contributed by atoms with Gasteiger partial charge in [-0.25, -0.2) is 0 Å². The molecule has 0 fully saturated rings. The summed E-state index contributed by atoms with van der Waals surface area (Å²) in [5, 5.41) is 3.15. The van der Waals surface area contributed by atoms with Crippen LogP contribution in [-0.2, 0) is 6.61 Å². The molecule has 0 N–H and O–H groups in total. The highest BCUT2D eigenvalue weighted by molar-refractivity contribution is 9.10. The third-order valence-electron chi connectivity index (χ3n) is 4.74. The zero-order chi connectivity index (χ0) is 20.2. The predicted octanol–water partition coefficient (Wildman–Crippen LogP) is 7.89. The molecule has 0 atom stereocenters. The lowest BCUT2D eigenvalue weighted by atomic mass is 10.1. The van der Waals surface area contributed by atoms with Gasteiger partial charge in [-0.1, -0.05) is 60.1 Å². The van der Waals surface area contributed by atoms with Crippen molar-refractivity contribution in [2.24, 2.45) is 4.99 Å². The minimum atomic E-state index is 0.509. The second-order valence-corrected chi connectivity index (χ2v) is 8.07. The molecule has 0 spiro atoms. The normalized spacial score (nSPS) is 11.3. The quantitative estimate of drug-likeness (QED) is 0.275. The molecule has 4 aromatic rings. The molecule has 0 aliphatic heterocycles. The Hall–Kier alpha value is -2.62. The average molecular weight is 465 g/mol. The van der Waals surface area contributed by atoms with Gasteiger partial charge in [0.15, 0.2) is 0 Å². The first kappa shape index (κ1) is 19.7. The summed E-state index contributed by atoms with van der Waals surface area (Å²) in [6.45, 7) is 2.49. The van der Waals surface area contributed by atoms with E-state index in [4.69, 9.17) is 16.3 Å². The van der Waals surface area contributed by atoms with E-state index in [1.54, 1.807) is 0 Å². The fraction of sp³-hybridized carbons (Fsp3) is 0.0800. The number of fused-ring (bicyclic) bond motifs is 1. The van der Waals surface area contributed by atoms with Gasteiger partial charge in [-0.2, -0.15) is 0 Å². The van der Waals surface area contributed by atoms with Crippen LogP contribution in [0.25, 0.3) is 10.8 Å². The maximum absolute atomic E-state index is 6.17. The zero-order valence-electron chi connectivity index (χ0n) is 15.9. The third kappa shape index (κ3) is 4.69. The molecule has 0 heterocycles. The van der Waals surface area contributed by atoms with Gasteiger partial charge in [-0.05, 0) is 80.6 Å². The molecular weight excluding hydrogens is 446 g/mol. The molecule has 0 bridgehead atoms. The van der Waals surface area contributed by atoms with Crippen molar-refractivity contribution in [3.05, 3.63) is 105 Å². The van der Waals surface area contributed by atoms with Gasteiger partial charge in [0.05, 0.1) is 10.2 Å². The summed E-state index contributed by atoms with van der Waals surface area (Å²) in [6.07, 6.45) is 1.82. The van der Waals surface area contributed by atoms with Crippen LogP contribution in [0.1, 0.15) is 16.7 Å². The van der Waals surface area contributed by atoms with Gasteiger partial charge in [0.1, 0.15) is 12.4 Å². The standard InChI is InChI=1S/C25H19BrClNO/c1-17-9-11-21(14-24(17)27)28-15-18-10-12-25(23(26)13-18)29-16-20-7-4-6-19-5-2-3-8-22(19)20/h2-15H,16H2,1H3. The minimum absolute atomic E-state index is 0.509. The first-order valence-corrected chi connectivity index (χ1v) is 10.5. The summed E-state index contributed by atoms with van der Waals surface area (Å²) in [6, 6.07) is 26.4. The monoisotopic (exact) mass is 463 g/mol. The van der Waals surface area contributed by atoms with Crippen molar-refractivity contribution in [2.45, 2.75) is 13.5 Å². The van der Waals surface area contributed by atoms with Crippen LogP contribution in [0.15, 0.2) is 88.3 Å². The van der Waals surface area contributed by atoms with E-state index >= 15 is 0 Å². The van der Waals surface area contributed by atoms with Gasteiger partial charge in [0, 0.05) is 11.2 Å². The summed E-state index contributed by atoms with van der Waals surface area (Å²) in [5.41, 5.74) is 4.01. The highest BCUT2D eigenvalue weighted by Crippen LogP contribution is 2.28. The molecule has 4 rings (SSSR count). The number of rotatable bonds is 5. The molecule has 29 heavy (non-hydrogen) atoms. The Morgan fingerprint density at radius 3 is 2.62 bits per heavy atom. The molecule has 2 nitrogen and oxygen atoms in total. The van der Waals surface area contributed by atoms with Crippen LogP contribution < -0.4 is 4.74 Å². The molecule has 4 aromatic carbocycles. The summed E-state index contributed by atoms with van der Waals surface area (Å²) in [7, 11) is 0. The third-order valence-corrected chi connectivity index (χ3v) is 5.76. The maximum atomic E-state index is 6.17. The van der Waals surface area contributed by atoms with E-state index in [1.807, 2.05) is 55.6 Å². The Morgan fingerprint density at radius 1 is 0.966 bits per heavy atom. The van der Waals surface area contributed by atoms with E-state index in [1.165, 1.54) is 10.8 Å². The van der Waals surface area contributed by atoms with E-state index in [-0.39, 0.29) is 0 Å².